The van der Waals surface area contributed by atoms with Crippen molar-refractivity contribution in [3.05, 3.63) is 89.5 Å². The zero-order valence-electron chi connectivity index (χ0n) is 15.1. The van der Waals surface area contributed by atoms with Crippen LogP contribution in [-0.2, 0) is 12.8 Å². The van der Waals surface area contributed by atoms with E-state index in [-0.39, 0.29) is 6.10 Å². The van der Waals surface area contributed by atoms with Gasteiger partial charge in [-0.1, -0.05) is 54.6 Å². The fourth-order valence-corrected chi connectivity index (χ4v) is 4.52. The number of fused-ring (bicyclic) bond motifs is 4. The van der Waals surface area contributed by atoms with Gasteiger partial charge in [0.25, 0.3) is 0 Å². The highest BCUT2D eigenvalue weighted by atomic mass is 16.5. The molecular weight excluding hydrogens is 334 g/mol. The molecular formula is C24H23NO2. The molecule has 3 atom stereocenters. The average molecular weight is 357 g/mol. The lowest BCUT2D eigenvalue weighted by Gasteiger charge is -2.44. The first kappa shape index (κ1) is 16.2. The zero-order valence-corrected chi connectivity index (χ0v) is 15.1. The van der Waals surface area contributed by atoms with E-state index in [0.29, 0.717) is 17.7 Å². The van der Waals surface area contributed by atoms with E-state index in [0.717, 1.165) is 30.6 Å². The Bertz CT molecular complexity index is 968. The van der Waals surface area contributed by atoms with Gasteiger partial charge in [0.2, 0.25) is 0 Å². The molecule has 136 valence electrons. The Morgan fingerprint density at radius 2 is 1.70 bits per heavy atom. The van der Waals surface area contributed by atoms with Crippen molar-refractivity contribution >= 4 is 5.69 Å². The molecule has 0 aliphatic carbocycles. The number of nitrogens with one attached hydrogen (secondary N) is 1. The number of rotatable bonds is 3. The van der Waals surface area contributed by atoms with Gasteiger partial charge in [-0.25, -0.2) is 0 Å². The first-order chi connectivity index (χ1) is 13.3. The van der Waals surface area contributed by atoms with Gasteiger partial charge in [0, 0.05) is 23.2 Å². The van der Waals surface area contributed by atoms with Crippen molar-refractivity contribution < 1.29 is 9.84 Å². The second kappa shape index (κ2) is 6.66. The van der Waals surface area contributed by atoms with Gasteiger partial charge in [-0.2, -0.15) is 0 Å². The minimum absolute atomic E-state index is 0.0757. The highest BCUT2D eigenvalue weighted by molar-refractivity contribution is 5.57. The predicted octanol–water partition coefficient (Wildman–Crippen LogP) is 5.11. The van der Waals surface area contributed by atoms with Crippen LogP contribution >= 0.6 is 0 Å². The number of benzene rings is 3. The SMILES string of the molecule is Oc1ccccc1CCC1Nc2ccccc2C2Oc3ccccc3CC12. The van der Waals surface area contributed by atoms with Crippen LogP contribution in [-0.4, -0.2) is 11.1 Å². The Balaban J connectivity index is 1.46. The molecule has 5 rings (SSSR count). The van der Waals surface area contributed by atoms with E-state index in [1.807, 2.05) is 24.3 Å². The molecule has 2 N–H and O–H groups in total. The molecule has 2 aliphatic rings. The summed E-state index contributed by atoms with van der Waals surface area (Å²) in [6.07, 6.45) is 2.88. The van der Waals surface area contributed by atoms with Crippen molar-refractivity contribution in [3.63, 3.8) is 0 Å². The maximum atomic E-state index is 10.1. The number of hydrogen-bond donors (Lipinski definition) is 2. The van der Waals surface area contributed by atoms with Gasteiger partial charge in [0.05, 0.1) is 0 Å². The molecule has 2 aliphatic heterocycles. The molecule has 27 heavy (non-hydrogen) atoms. The first-order valence-corrected chi connectivity index (χ1v) is 9.66. The van der Waals surface area contributed by atoms with Gasteiger partial charge in [0.1, 0.15) is 17.6 Å². The van der Waals surface area contributed by atoms with Crippen LogP contribution in [0, 0.1) is 5.92 Å². The summed E-state index contributed by atoms with van der Waals surface area (Å²) in [4.78, 5) is 0. The third-order valence-electron chi connectivity index (χ3n) is 5.91. The van der Waals surface area contributed by atoms with E-state index in [2.05, 4.69) is 47.8 Å². The molecule has 3 heteroatoms. The van der Waals surface area contributed by atoms with Gasteiger partial charge in [-0.3, -0.25) is 0 Å². The Kier molecular flexibility index (Phi) is 4.01. The van der Waals surface area contributed by atoms with Gasteiger partial charge < -0.3 is 15.2 Å². The topological polar surface area (TPSA) is 41.5 Å². The van der Waals surface area contributed by atoms with Crippen LogP contribution < -0.4 is 10.1 Å². The lowest BCUT2D eigenvalue weighted by molar-refractivity contribution is 0.0935. The Morgan fingerprint density at radius 1 is 0.926 bits per heavy atom. The van der Waals surface area contributed by atoms with Gasteiger partial charge in [-0.15, -0.1) is 0 Å². The summed E-state index contributed by atoms with van der Waals surface area (Å²) in [6, 6.07) is 24.8. The van der Waals surface area contributed by atoms with E-state index in [1.165, 1.54) is 16.8 Å². The molecule has 0 fully saturated rings. The highest BCUT2D eigenvalue weighted by Crippen LogP contribution is 2.46. The maximum absolute atomic E-state index is 10.1. The first-order valence-electron chi connectivity index (χ1n) is 9.66. The third kappa shape index (κ3) is 2.93. The molecule has 0 aromatic heterocycles. The minimum Gasteiger partial charge on any atom is -0.508 e. The van der Waals surface area contributed by atoms with Gasteiger partial charge >= 0.3 is 0 Å². The van der Waals surface area contributed by atoms with Crippen molar-refractivity contribution in [2.75, 3.05) is 5.32 Å². The van der Waals surface area contributed by atoms with Crippen LogP contribution in [0.5, 0.6) is 11.5 Å². The van der Waals surface area contributed by atoms with E-state index in [9.17, 15) is 5.11 Å². The number of para-hydroxylation sites is 3. The molecule has 0 radical (unpaired) electrons. The maximum Gasteiger partial charge on any atom is 0.131 e. The molecule has 0 saturated carbocycles. The van der Waals surface area contributed by atoms with Crippen molar-refractivity contribution in [3.8, 4) is 11.5 Å². The molecule has 3 aromatic carbocycles. The molecule has 0 amide bonds. The summed E-state index contributed by atoms with van der Waals surface area (Å²) in [5.74, 6) is 1.77. The van der Waals surface area contributed by atoms with E-state index in [1.54, 1.807) is 6.07 Å². The van der Waals surface area contributed by atoms with E-state index >= 15 is 0 Å². The van der Waals surface area contributed by atoms with E-state index < -0.39 is 0 Å². The summed E-state index contributed by atoms with van der Waals surface area (Å²) < 4.78 is 6.48. The number of aromatic hydroxyl groups is 1. The second-order valence-corrected chi connectivity index (χ2v) is 7.52. The van der Waals surface area contributed by atoms with Crippen molar-refractivity contribution in [2.24, 2.45) is 5.92 Å². The fourth-order valence-electron chi connectivity index (χ4n) is 4.52. The van der Waals surface area contributed by atoms with Gasteiger partial charge in [-0.05, 0) is 48.6 Å². The molecule has 3 nitrogen and oxygen atoms in total. The molecule has 2 heterocycles. The molecule has 3 aromatic rings. The molecule has 3 unspecified atom stereocenters. The van der Waals surface area contributed by atoms with Crippen LogP contribution in [0.4, 0.5) is 5.69 Å². The van der Waals surface area contributed by atoms with Gasteiger partial charge in [0.15, 0.2) is 0 Å². The number of ether oxygens (including phenoxy) is 1. The van der Waals surface area contributed by atoms with E-state index in [4.69, 9.17) is 4.74 Å². The number of anilines is 1. The quantitative estimate of drug-likeness (QED) is 0.684. The summed E-state index contributed by atoms with van der Waals surface area (Å²) in [6.45, 7) is 0. The monoisotopic (exact) mass is 357 g/mol. The summed E-state index contributed by atoms with van der Waals surface area (Å²) >= 11 is 0. The Morgan fingerprint density at radius 3 is 2.63 bits per heavy atom. The summed E-state index contributed by atoms with van der Waals surface area (Å²) in [5.41, 5.74) is 4.70. The van der Waals surface area contributed by atoms with Crippen molar-refractivity contribution in [2.45, 2.75) is 31.4 Å². The summed E-state index contributed by atoms with van der Waals surface area (Å²) in [7, 11) is 0. The minimum atomic E-state index is 0.0757. The summed E-state index contributed by atoms with van der Waals surface area (Å²) in [5, 5.41) is 13.9. The Labute approximate surface area is 159 Å². The third-order valence-corrected chi connectivity index (χ3v) is 5.91. The van der Waals surface area contributed by atoms with Crippen LogP contribution in [0.3, 0.4) is 0 Å². The van der Waals surface area contributed by atoms with Crippen LogP contribution in [0.25, 0.3) is 0 Å². The second-order valence-electron chi connectivity index (χ2n) is 7.52. The zero-order chi connectivity index (χ0) is 18.2. The number of phenols is 1. The Hall–Kier alpha value is -2.94. The molecule has 0 saturated heterocycles. The number of aryl methyl sites for hydroxylation is 1. The normalized spacial score (nSPS) is 22.6. The van der Waals surface area contributed by atoms with Crippen molar-refractivity contribution in [1.29, 1.82) is 0 Å². The largest absolute Gasteiger partial charge is 0.508 e. The predicted molar refractivity (Wildman–Crippen MR) is 107 cm³/mol. The fraction of sp³-hybridized carbons (Fsp3) is 0.250. The van der Waals surface area contributed by atoms with Crippen LogP contribution in [0.1, 0.15) is 29.2 Å². The molecule has 0 bridgehead atoms. The number of phenolic OH excluding ortho intramolecular Hbond substituents is 1. The lowest BCUT2D eigenvalue weighted by atomic mass is 9.77. The standard InChI is InChI=1S/C24H23NO2/c26-22-11-5-1-7-16(22)13-14-21-19-15-17-8-2-6-12-23(17)27-24(19)18-9-3-4-10-20(18)25-21/h1-12,19,21,24-26H,13-15H2. The van der Waals surface area contributed by atoms with Crippen LogP contribution in [0.2, 0.25) is 0 Å². The van der Waals surface area contributed by atoms with Crippen molar-refractivity contribution in [1.82, 2.24) is 0 Å². The number of hydrogen-bond acceptors (Lipinski definition) is 3. The average Bonchev–Trinajstić information content (AvgIpc) is 2.72. The van der Waals surface area contributed by atoms with Crippen LogP contribution in [0.15, 0.2) is 72.8 Å². The lowest BCUT2D eigenvalue weighted by Crippen LogP contribution is -2.43. The molecule has 0 spiro atoms. The highest BCUT2D eigenvalue weighted by Gasteiger charge is 2.40. The smallest absolute Gasteiger partial charge is 0.131 e.